The van der Waals surface area contributed by atoms with E-state index < -0.39 is 0 Å². The second-order valence-electron chi connectivity index (χ2n) is 8.13. The Morgan fingerprint density at radius 3 is 2.52 bits per heavy atom. The monoisotopic (exact) mass is 420 g/mol. The molecule has 0 saturated carbocycles. The van der Waals surface area contributed by atoms with Gasteiger partial charge < -0.3 is 14.2 Å². The molecule has 1 aliphatic heterocycles. The number of para-hydroxylation sites is 2. The molecule has 164 valence electrons. The molecule has 3 aromatic rings. The van der Waals surface area contributed by atoms with Crippen LogP contribution in [0, 0.1) is 0 Å². The van der Waals surface area contributed by atoms with Crippen molar-refractivity contribution in [2.24, 2.45) is 0 Å². The van der Waals surface area contributed by atoms with E-state index in [4.69, 9.17) is 9.26 Å². The molecule has 2 aromatic carbocycles. The van der Waals surface area contributed by atoms with Gasteiger partial charge in [0.25, 0.3) is 0 Å². The molecule has 0 aliphatic carbocycles. The molecule has 0 spiro atoms. The number of benzene rings is 2. The first kappa shape index (κ1) is 21.4. The van der Waals surface area contributed by atoms with Crippen LogP contribution in [0.5, 0.6) is 5.75 Å². The summed E-state index contributed by atoms with van der Waals surface area (Å²) in [4.78, 5) is 7.35. The highest BCUT2D eigenvalue weighted by Crippen LogP contribution is 2.29. The van der Waals surface area contributed by atoms with Crippen molar-refractivity contribution < 1.29 is 9.26 Å². The Morgan fingerprint density at radius 1 is 1.00 bits per heavy atom. The summed E-state index contributed by atoms with van der Waals surface area (Å²) in [6, 6.07) is 20.6. The Hall–Kier alpha value is -2.83. The molecule has 0 N–H and O–H groups in total. The van der Waals surface area contributed by atoms with Gasteiger partial charge in [-0.05, 0) is 50.8 Å². The first-order chi connectivity index (χ1) is 15.2. The Balaban J connectivity index is 1.19. The summed E-state index contributed by atoms with van der Waals surface area (Å²) in [5.74, 6) is 1.68. The van der Waals surface area contributed by atoms with Crippen molar-refractivity contribution in [2.45, 2.75) is 13.0 Å². The quantitative estimate of drug-likeness (QED) is 0.522. The number of aromatic nitrogens is 1. The molecule has 6 heteroatoms. The highest BCUT2D eigenvalue weighted by molar-refractivity contribution is 5.66. The van der Waals surface area contributed by atoms with E-state index in [0.29, 0.717) is 0 Å². The van der Waals surface area contributed by atoms with Crippen LogP contribution in [0.4, 0.5) is 5.69 Å². The molecule has 1 saturated heterocycles. The lowest BCUT2D eigenvalue weighted by atomic mass is 10.1. The van der Waals surface area contributed by atoms with Gasteiger partial charge in [0.05, 0.1) is 13.7 Å². The lowest BCUT2D eigenvalue weighted by molar-refractivity contribution is 0.223. The number of hydrogen-bond acceptors (Lipinski definition) is 6. The van der Waals surface area contributed by atoms with E-state index in [1.807, 2.05) is 30.3 Å². The lowest BCUT2D eigenvalue weighted by Crippen LogP contribution is -2.47. The van der Waals surface area contributed by atoms with Gasteiger partial charge in [0, 0.05) is 43.5 Å². The van der Waals surface area contributed by atoms with E-state index in [2.05, 4.69) is 57.2 Å². The fourth-order valence-electron chi connectivity index (χ4n) is 4.15. The second kappa shape index (κ2) is 10.5. The lowest BCUT2D eigenvalue weighted by Gasteiger charge is -2.36. The number of methoxy groups -OCH3 is 1. The number of anilines is 1. The maximum absolute atomic E-state index is 5.58. The predicted molar refractivity (Wildman–Crippen MR) is 125 cm³/mol. The number of rotatable bonds is 9. The van der Waals surface area contributed by atoms with Gasteiger partial charge in [0.1, 0.15) is 11.4 Å². The van der Waals surface area contributed by atoms with Crippen LogP contribution in [0.25, 0.3) is 11.3 Å². The fraction of sp³-hybridized carbons (Fsp3) is 0.400. The Labute approximate surface area is 185 Å². The van der Waals surface area contributed by atoms with E-state index in [1.165, 1.54) is 5.69 Å². The third-order valence-electron chi connectivity index (χ3n) is 5.88. The van der Waals surface area contributed by atoms with Gasteiger partial charge in [0.15, 0.2) is 5.76 Å². The molecule has 2 heterocycles. The molecule has 0 unspecified atom stereocenters. The van der Waals surface area contributed by atoms with Crippen molar-refractivity contribution in [2.75, 3.05) is 58.3 Å². The topological polar surface area (TPSA) is 45.0 Å². The molecular formula is C25H32N4O2. The molecule has 0 atom stereocenters. The summed E-state index contributed by atoms with van der Waals surface area (Å²) in [5, 5.41) is 4.24. The number of hydrogen-bond donors (Lipinski definition) is 0. The minimum atomic E-state index is 0.754. The Morgan fingerprint density at radius 2 is 1.74 bits per heavy atom. The molecule has 1 aliphatic rings. The molecule has 6 nitrogen and oxygen atoms in total. The highest BCUT2D eigenvalue weighted by Gasteiger charge is 2.17. The van der Waals surface area contributed by atoms with Crippen LogP contribution in [-0.2, 0) is 6.54 Å². The Kier molecular flexibility index (Phi) is 7.22. The summed E-state index contributed by atoms with van der Waals surface area (Å²) in [6.45, 7) is 7.38. The minimum absolute atomic E-state index is 0.754. The highest BCUT2D eigenvalue weighted by atomic mass is 16.5. The summed E-state index contributed by atoms with van der Waals surface area (Å²) >= 11 is 0. The van der Waals surface area contributed by atoms with Crippen molar-refractivity contribution in [3.8, 4) is 17.0 Å². The summed E-state index contributed by atoms with van der Waals surface area (Å²) in [7, 11) is 3.81. The van der Waals surface area contributed by atoms with E-state index >= 15 is 0 Å². The molecule has 31 heavy (non-hydrogen) atoms. The average Bonchev–Trinajstić information content (AvgIpc) is 3.28. The van der Waals surface area contributed by atoms with Gasteiger partial charge in [-0.25, -0.2) is 0 Å². The standard InChI is InChI=1S/C25H32N4O2/c1-27(20-22-19-24(26-31-22)23-11-6-7-12-25(23)30-2)13-8-14-28-15-17-29(18-16-28)21-9-4-3-5-10-21/h3-7,9-12,19H,8,13-18,20H2,1-2H3. The maximum atomic E-state index is 5.58. The first-order valence-electron chi connectivity index (χ1n) is 11.0. The summed E-state index contributed by atoms with van der Waals surface area (Å²) in [6.07, 6.45) is 1.15. The average molecular weight is 421 g/mol. The van der Waals surface area contributed by atoms with Crippen LogP contribution >= 0.6 is 0 Å². The number of piperazine rings is 1. The molecular weight excluding hydrogens is 388 g/mol. The van der Waals surface area contributed by atoms with Crippen LogP contribution in [0.3, 0.4) is 0 Å². The van der Waals surface area contributed by atoms with Gasteiger partial charge in [-0.1, -0.05) is 35.5 Å². The van der Waals surface area contributed by atoms with Crippen LogP contribution in [0.2, 0.25) is 0 Å². The minimum Gasteiger partial charge on any atom is -0.496 e. The van der Waals surface area contributed by atoms with E-state index in [0.717, 1.165) is 75.0 Å². The van der Waals surface area contributed by atoms with Crippen molar-refractivity contribution in [3.63, 3.8) is 0 Å². The van der Waals surface area contributed by atoms with Gasteiger partial charge >= 0.3 is 0 Å². The predicted octanol–water partition coefficient (Wildman–Crippen LogP) is 3.99. The second-order valence-corrected chi connectivity index (χ2v) is 8.13. The van der Waals surface area contributed by atoms with Crippen molar-refractivity contribution in [1.82, 2.24) is 15.0 Å². The fourth-order valence-corrected chi connectivity index (χ4v) is 4.15. The largest absolute Gasteiger partial charge is 0.496 e. The molecule has 0 radical (unpaired) electrons. The zero-order chi connectivity index (χ0) is 21.5. The van der Waals surface area contributed by atoms with E-state index in [1.54, 1.807) is 7.11 Å². The van der Waals surface area contributed by atoms with Gasteiger partial charge in [-0.15, -0.1) is 0 Å². The van der Waals surface area contributed by atoms with Gasteiger partial charge in [0.2, 0.25) is 0 Å². The van der Waals surface area contributed by atoms with Gasteiger partial charge in [-0.3, -0.25) is 9.80 Å². The zero-order valence-corrected chi connectivity index (χ0v) is 18.5. The van der Waals surface area contributed by atoms with Crippen molar-refractivity contribution >= 4 is 5.69 Å². The van der Waals surface area contributed by atoms with Gasteiger partial charge in [-0.2, -0.15) is 0 Å². The molecule has 0 amide bonds. The number of nitrogens with zero attached hydrogens (tertiary/aromatic N) is 4. The van der Waals surface area contributed by atoms with Crippen LogP contribution in [0.15, 0.2) is 65.2 Å². The molecule has 1 fully saturated rings. The zero-order valence-electron chi connectivity index (χ0n) is 18.5. The molecule has 0 bridgehead atoms. The third-order valence-corrected chi connectivity index (χ3v) is 5.88. The van der Waals surface area contributed by atoms with Crippen molar-refractivity contribution in [1.29, 1.82) is 0 Å². The maximum Gasteiger partial charge on any atom is 0.151 e. The van der Waals surface area contributed by atoms with E-state index in [9.17, 15) is 0 Å². The number of ether oxygens (including phenoxy) is 1. The van der Waals surface area contributed by atoms with Crippen LogP contribution < -0.4 is 9.64 Å². The summed E-state index contributed by atoms with van der Waals surface area (Å²) in [5.41, 5.74) is 3.11. The first-order valence-corrected chi connectivity index (χ1v) is 11.0. The Bertz CT molecular complexity index is 935. The normalized spacial score (nSPS) is 14.9. The SMILES string of the molecule is COc1ccccc1-c1cc(CN(C)CCCN2CCN(c3ccccc3)CC2)on1. The van der Waals surface area contributed by atoms with Crippen molar-refractivity contribution in [3.05, 3.63) is 66.4 Å². The molecule has 4 rings (SSSR count). The smallest absolute Gasteiger partial charge is 0.151 e. The molecule has 1 aromatic heterocycles. The van der Waals surface area contributed by atoms with Crippen LogP contribution in [-0.4, -0.2) is 68.4 Å². The van der Waals surface area contributed by atoms with Crippen LogP contribution in [0.1, 0.15) is 12.2 Å². The van der Waals surface area contributed by atoms with E-state index in [-0.39, 0.29) is 0 Å². The summed E-state index contributed by atoms with van der Waals surface area (Å²) < 4.78 is 11.0. The third kappa shape index (κ3) is 5.66.